The number of benzene rings is 3. The van der Waals surface area contributed by atoms with Crippen molar-refractivity contribution in [3.05, 3.63) is 94.2 Å². The first kappa shape index (κ1) is 23.6. The highest BCUT2D eigenvalue weighted by atomic mass is 19.1. The molecular weight excluding hydrogens is 458 g/mol. The fourth-order valence-electron chi connectivity index (χ4n) is 3.67. The highest BCUT2D eigenvalue weighted by Crippen LogP contribution is 2.37. The predicted molar refractivity (Wildman–Crippen MR) is 128 cm³/mol. The molecule has 4 aromatic rings. The van der Waals surface area contributed by atoms with E-state index in [2.05, 4.69) is 5.32 Å². The molecule has 3 aromatic carbocycles. The average molecular weight is 478 g/mol. The summed E-state index contributed by atoms with van der Waals surface area (Å²) in [6.45, 7) is 3.92. The number of hydrogen-bond acceptors (Lipinski definition) is 5. The van der Waals surface area contributed by atoms with Crippen LogP contribution in [0, 0.1) is 21.7 Å². The molecule has 0 saturated heterocycles. The number of fused-ring (bicyclic) bond motifs is 1. The number of nitro groups is 1. The number of ether oxygens (including phenoxy) is 1. The monoisotopic (exact) mass is 478 g/mol. The molecule has 0 spiro atoms. The van der Waals surface area contributed by atoms with E-state index in [9.17, 15) is 23.7 Å². The molecule has 1 heterocycles. The van der Waals surface area contributed by atoms with Gasteiger partial charge in [-0.2, -0.15) is 4.39 Å². The number of furan rings is 1. The van der Waals surface area contributed by atoms with Crippen molar-refractivity contribution in [3.8, 4) is 16.9 Å². The van der Waals surface area contributed by atoms with E-state index in [1.165, 1.54) is 24.3 Å². The van der Waals surface area contributed by atoms with Gasteiger partial charge in [0, 0.05) is 40.4 Å². The zero-order chi connectivity index (χ0) is 25.1. The van der Waals surface area contributed by atoms with E-state index in [1.54, 1.807) is 31.4 Å². The maximum atomic E-state index is 13.6. The Morgan fingerprint density at radius 1 is 1.14 bits per heavy atom. The van der Waals surface area contributed by atoms with Crippen molar-refractivity contribution in [2.45, 2.75) is 13.8 Å². The molecule has 0 radical (unpaired) electrons. The van der Waals surface area contributed by atoms with Crippen LogP contribution in [-0.4, -0.2) is 17.4 Å². The number of nitro benzene ring substituents is 1. The summed E-state index contributed by atoms with van der Waals surface area (Å²) in [4.78, 5) is 22.7. The van der Waals surface area contributed by atoms with Crippen LogP contribution in [0.2, 0.25) is 0 Å². The van der Waals surface area contributed by atoms with Crippen molar-refractivity contribution in [1.29, 1.82) is 0 Å². The average Bonchev–Trinajstić information content (AvgIpc) is 3.23. The molecule has 7 nitrogen and oxygen atoms in total. The van der Waals surface area contributed by atoms with Crippen molar-refractivity contribution in [1.82, 2.24) is 0 Å². The summed E-state index contributed by atoms with van der Waals surface area (Å²) >= 11 is 0. The fraction of sp³-hybridized carbons (Fsp3) is 0.115. The summed E-state index contributed by atoms with van der Waals surface area (Å²) in [6.07, 6.45) is 2.89. The molecular formula is C26H20F2N2O5. The minimum absolute atomic E-state index is 0.0843. The second kappa shape index (κ2) is 9.76. The smallest absolute Gasteiger partial charge is 0.306 e. The molecule has 0 unspecified atom stereocenters. The van der Waals surface area contributed by atoms with Gasteiger partial charge in [0.05, 0.1) is 17.8 Å². The molecule has 1 aromatic heterocycles. The maximum Gasteiger partial charge on any atom is 0.306 e. The quantitative estimate of drug-likeness (QED) is 0.181. The van der Waals surface area contributed by atoms with Crippen LogP contribution in [0.1, 0.15) is 19.4 Å². The molecule has 0 aliphatic heterocycles. The van der Waals surface area contributed by atoms with Gasteiger partial charge in [-0.25, -0.2) is 4.39 Å². The third-order valence-corrected chi connectivity index (χ3v) is 5.31. The van der Waals surface area contributed by atoms with Gasteiger partial charge in [0.1, 0.15) is 17.1 Å². The molecule has 1 amide bonds. The molecule has 4 rings (SSSR count). The van der Waals surface area contributed by atoms with Crippen LogP contribution in [0.3, 0.4) is 0 Å². The minimum atomic E-state index is -0.994. The van der Waals surface area contributed by atoms with E-state index in [1.807, 2.05) is 13.0 Å². The molecule has 0 atom stereocenters. The molecule has 1 N–H and O–H groups in total. The lowest BCUT2D eigenvalue weighted by Gasteiger charge is -2.12. The van der Waals surface area contributed by atoms with E-state index in [0.29, 0.717) is 29.1 Å². The lowest BCUT2D eigenvalue weighted by Crippen LogP contribution is -2.09. The van der Waals surface area contributed by atoms with Gasteiger partial charge in [-0.3, -0.25) is 14.9 Å². The maximum absolute atomic E-state index is 13.6. The van der Waals surface area contributed by atoms with Crippen LogP contribution in [0.15, 0.2) is 71.4 Å². The van der Waals surface area contributed by atoms with E-state index in [4.69, 9.17) is 9.15 Å². The van der Waals surface area contributed by atoms with Crippen LogP contribution < -0.4 is 10.1 Å². The molecule has 0 aliphatic rings. The number of nitrogens with one attached hydrogen (secondary N) is 1. The van der Waals surface area contributed by atoms with Crippen LogP contribution in [0.25, 0.3) is 27.7 Å². The zero-order valence-corrected chi connectivity index (χ0v) is 18.8. The Kier molecular flexibility index (Phi) is 6.59. The van der Waals surface area contributed by atoms with Gasteiger partial charge in [-0.15, -0.1) is 0 Å². The third-order valence-electron chi connectivity index (χ3n) is 5.31. The summed E-state index contributed by atoms with van der Waals surface area (Å²) in [6, 6.07) is 12.7. The number of halogens is 2. The van der Waals surface area contributed by atoms with Gasteiger partial charge in [0.2, 0.25) is 11.7 Å². The standard InChI is InChI=1S/C26H20F2N2O5/c1-3-34-24-13-25-20(21(14-35-25)16-4-6-17(27)7-5-16)12-19(24)15(2)10-26(31)29-18-8-9-22(28)23(11-18)30(32)33/h4-14H,3H2,1-2H3,(H,29,31)/b15-10+. The normalized spacial score (nSPS) is 11.5. The van der Waals surface area contributed by atoms with Crippen molar-refractivity contribution >= 4 is 33.8 Å². The van der Waals surface area contributed by atoms with E-state index in [-0.39, 0.29) is 11.5 Å². The molecule has 0 saturated carbocycles. The van der Waals surface area contributed by atoms with Gasteiger partial charge < -0.3 is 14.5 Å². The first-order chi connectivity index (χ1) is 16.8. The summed E-state index contributed by atoms with van der Waals surface area (Å²) in [5, 5.41) is 14.2. The Labute approximate surface area is 198 Å². The molecule has 9 heteroatoms. The first-order valence-corrected chi connectivity index (χ1v) is 10.6. The number of allylic oxidation sites excluding steroid dienone is 1. The van der Waals surface area contributed by atoms with Crippen LogP contribution in [0.4, 0.5) is 20.2 Å². The second-order valence-electron chi connectivity index (χ2n) is 7.67. The second-order valence-corrected chi connectivity index (χ2v) is 7.67. The van der Waals surface area contributed by atoms with Crippen molar-refractivity contribution in [3.63, 3.8) is 0 Å². The number of amides is 1. The molecule has 0 fully saturated rings. The van der Waals surface area contributed by atoms with E-state index < -0.39 is 22.3 Å². The van der Waals surface area contributed by atoms with E-state index in [0.717, 1.165) is 28.6 Å². The van der Waals surface area contributed by atoms with Crippen LogP contribution in [-0.2, 0) is 4.79 Å². The van der Waals surface area contributed by atoms with Crippen molar-refractivity contribution in [2.75, 3.05) is 11.9 Å². The Hall–Kier alpha value is -4.53. The van der Waals surface area contributed by atoms with Gasteiger partial charge in [-0.05, 0) is 55.3 Å². The van der Waals surface area contributed by atoms with Gasteiger partial charge in [0.15, 0.2) is 0 Å². The Balaban J connectivity index is 1.70. The van der Waals surface area contributed by atoms with Crippen molar-refractivity contribution in [2.24, 2.45) is 0 Å². The van der Waals surface area contributed by atoms with Crippen LogP contribution in [0.5, 0.6) is 5.75 Å². The number of nitrogens with zero attached hydrogens (tertiary/aromatic N) is 1. The first-order valence-electron chi connectivity index (χ1n) is 10.6. The third kappa shape index (κ3) is 5.03. The summed E-state index contributed by atoms with van der Waals surface area (Å²) < 4.78 is 38.4. The lowest BCUT2D eigenvalue weighted by molar-refractivity contribution is -0.387. The predicted octanol–water partition coefficient (Wildman–Crippen LogP) is 6.73. The molecule has 178 valence electrons. The highest BCUT2D eigenvalue weighted by Gasteiger charge is 2.17. The summed E-state index contributed by atoms with van der Waals surface area (Å²) in [5.41, 5.74) is 2.60. The molecule has 0 aliphatic carbocycles. The van der Waals surface area contributed by atoms with Gasteiger partial charge in [0.25, 0.3) is 0 Å². The lowest BCUT2D eigenvalue weighted by atomic mass is 9.99. The largest absolute Gasteiger partial charge is 0.493 e. The highest BCUT2D eigenvalue weighted by molar-refractivity contribution is 6.05. The van der Waals surface area contributed by atoms with E-state index >= 15 is 0 Å². The number of carbonyl (C=O) groups excluding carboxylic acids is 1. The topological polar surface area (TPSA) is 94.6 Å². The Bertz CT molecular complexity index is 1460. The number of anilines is 1. The van der Waals surface area contributed by atoms with Gasteiger partial charge in [-0.1, -0.05) is 12.1 Å². The minimum Gasteiger partial charge on any atom is -0.493 e. The van der Waals surface area contributed by atoms with Gasteiger partial charge >= 0.3 is 5.69 Å². The SMILES string of the molecule is CCOc1cc2occ(-c3ccc(F)cc3)c2cc1/C(C)=C/C(=O)Nc1ccc(F)c([N+](=O)[O-])c1. The molecule has 35 heavy (non-hydrogen) atoms. The Morgan fingerprint density at radius 3 is 2.57 bits per heavy atom. The Morgan fingerprint density at radius 2 is 1.89 bits per heavy atom. The van der Waals surface area contributed by atoms with Crippen LogP contribution >= 0.6 is 0 Å². The fourth-order valence-corrected chi connectivity index (χ4v) is 3.67. The summed E-state index contributed by atoms with van der Waals surface area (Å²) in [7, 11) is 0. The number of carbonyl (C=O) groups is 1. The zero-order valence-electron chi connectivity index (χ0n) is 18.8. The number of hydrogen-bond donors (Lipinski definition) is 1. The molecule has 0 bridgehead atoms. The summed E-state index contributed by atoms with van der Waals surface area (Å²) in [5.74, 6) is -1.40. The van der Waals surface area contributed by atoms with Crippen molar-refractivity contribution < 1.29 is 27.7 Å². The number of rotatable bonds is 7.